The molecule has 4 rings (SSSR count). The number of amides is 1. The highest BCUT2D eigenvalue weighted by Gasteiger charge is 2.37. The zero-order valence-electron chi connectivity index (χ0n) is 22.6. The number of nitrogens with two attached hydrogens (primary N) is 1. The van der Waals surface area contributed by atoms with E-state index < -0.39 is 21.3 Å². The van der Waals surface area contributed by atoms with Gasteiger partial charge in [0.1, 0.15) is 4.21 Å². The molecule has 2 aromatic heterocycles. The summed E-state index contributed by atoms with van der Waals surface area (Å²) in [5, 5.41) is 0.574. The molecule has 1 unspecified atom stereocenters. The summed E-state index contributed by atoms with van der Waals surface area (Å²) < 4.78 is 29.0. The molecule has 0 aromatic carbocycles. The third-order valence-electron chi connectivity index (χ3n) is 7.78. The van der Waals surface area contributed by atoms with Crippen LogP contribution in [0.2, 0.25) is 0 Å². The molecule has 10 heteroatoms. The number of hydrogen-bond donors (Lipinski definition) is 1. The average molecular weight is 591 g/mol. The smallest absolute Gasteiger partial charge is 0.252 e. The second-order valence-corrected chi connectivity index (χ2v) is 14.3. The van der Waals surface area contributed by atoms with Gasteiger partial charge in [-0.05, 0) is 62.1 Å². The zero-order valence-corrected chi connectivity index (χ0v) is 25.0. The van der Waals surface area contributed by atoms with Gasteiger partial charge in [0.15, 0.2) is 0 Å². The number of rotatable bonds is 13. The number of unbranched alkanes of at least 4 members (excludes halogenated alkanes) is 3. The van der Waals surface area contributed by atoms with E-state index in [0.717, 1.165) is 37.2 Å². The Balaban J connectivity index is 1.40. The van der Waals surface area contributed by atoms with E-state index in [1.165, 1.54) is 36.2 Å². The summed E-state index contributed by atoms with van der Waals surface area (Å²) in [4.78, 5) is 19.9. The quantitative estimate of drug-likeness (QED) is 0.312. The van der Waals surface area contributed by atoms with Crippen LogP contribution in [-0.4, -0.2) is 54.2 Å². The first-order valence-electron chi connectivity index (χ1n) is 13.8. The topological polar surface area (TPSA) is 96.6 Å². The molecule has 0 spiro atoms. The first-order valence-corrected chi connectivity index (χ1v) is 16.4. The van der Waals surface area contributed by atoms with Crippen molar-refractivity contribution in [3.63, 3.8) is 0 Å². The molecule has 2 aliphatic rings. The van der Waals surface area contributed by atoms with Crippen LogP contribution in [-0.2, 0) is 27.8 Å². The number of pyridine rings is 1. The van der Waals surface area contributed by atoms with Crippen molar-refractivity contribution in [1.82, 2.24) is 14.2 Å². The number of nitrogens with zero attached hydrogens (tertiary/aromatic N) is 3. The van der Waals surface area contributed by atoms with Crippen molar-refractivity contribution < 1.29 is 13.2 Å². The maximum atomic E-state index is 13.5. The summed E-state index contributed by atoms with van der Waals surface area (Å²) in [5.74, 6) is -0.440. The summed E-state index contributed by atoms with van der Waals surface area (Å²) in [6.45, 7) is 5.06. The Morgan fingerprint density at radius 1 is 1.23 bits per heavy atom. The molecule has 212 valence electrons. The van der Waals surface area contributed by atoms with Gasteiger partial charge in [0.05, 0.1) is 5.41 Å². The van der Waals surface area contributed by atoms with Gasteiger partial charge in [-0.2, -0.15) is 4.31 Å². The van der Waals surface area contributed by atoms with E-state index >= 15 is 0 Å². The van der Waals surface area contributed by atoms with E-state index in [9.17, 15) is 13.2 Å². The Bertz CT molecular complexity index is 1270. The Morgan fingerprint density at radius 3 is 2.67 bits per heavy atom. The molecule has 39 heavy (non-hydrogen) atoms. The van der Waals surface area contributed by atoms with E-state index in [1.54, 1.807) is 40.9 Å². The van der Waals surface area contributed by atoms with Crippen LogP contribution >= 0.6 is 22.9 Å². The Kier molecular flexibility index (Phi) is 10.4. The fourth-order valence-corrected chi connectivity index (χ4v) is 8.64. The first-order chi connectivity index (χ1) is 18.7. The lowest BCUT2D eigenvalue weighted by atomic mass is 9.77. The molecule has 1 aliphatic carbocycles. The summed E-state index contributed by atoms with van der Waals surface area (Å²) >= 11 is 7.27. The Morgan fingerprint density at radius 2 is 2.03 bits per heavy atom. The van der Waals surface area contributed by atoms with Gasteiger partial charge in [-0.15, -0.1) is 11.3 Å². The second-order valence-electron chi connectivity index (χ2n) is 10.6. The minimum Gasteiger partial charge on any atom is -0.369 e. The third kappa shape index (κ3) is 7.58. The van der Waals surface area contributed by atoms with Gasteiger partial charge >= 0.3 is 0 Å². The first kappa shape index (κ1) is 29.9. The maximum absolute atomic E-state index is 13.5. The number of carbonyl (C=O) groups excluding carboxylic acids is 1. The fraction of sp³-hybridized carbons (Fsp3) is 0.517. The molecular formula is C29H39ClN4O3S2. The number of primary amides is 1. The molecule has 0 bridgehead atoms. The summed E-state index contributed by atoms with van der Waals surface area (Å²) in [5.41, 5.74) is 6.04. The number of aromatic nitrogens is 1. The number of thiophene rings is 1. The summed E-state index contributed by atoms with van der Waals surface area (Å²) in [7, 11) is -3.61. The lowest BCUT2D eigenvalue weighted by Gasteiger charge is -2.38. The SMILES string of the molecule is CCCCCCN(Cc1cccnc1)C1CCN(S(=O)(=O)c2ccc(CC3(C(N)=O)C=CC(Cl)=CC3)s2)CC1. The van der Waals surface area contributed by atoms with Gasteiger partial charge in [0.2, 0.25) is 5.91 Å². The molecule has 2 aromatic rings. The highest BCUT2D eigenvalue weighted by atomic mass is 35.5. The zero-order chi connectivity index (χ0) is 27.9. The van der Waals surface area contributed by atoms with Crippen LogP contribution in [0, 0.1) is 5.41 Å². The molecule has 7 nitrogen and oxygen atoms in total. The molecule has 1 atom stereocenters. The number of carbonyl (C=O) groups is 1. The van der Waals surface area contributed by atoms with E-state index in [1.807, 2.05) is 12.3 Å². The van der Waals surface area contributed by atoms with E-state index in [0.29, 0.717) is 41.2 Å². The van der Waals surface area contributed by atoms with E-state index in [4.69, 9.17) is 17.3 Å². The molecule has 1 fully saturated rings. The van der Waals surface area contributed by atoms with Crippen LogP contribution in [0.1, 0.15) is 62.3 Å². The van der Waals surface area contributed by atoms with Gasteiger partial charge in [0.25, 0.3) is 10.0 Å². The molecular weight excluding hydrogens is 552 g/mol. The molecule has 1 amide bonds. The van der Waals surface area contributed by atoms with Crippen molar-refractivity contribution in [2.24, 2.45) is 11.1 Å². The summed E-state index contributed by atoms with van der Waals surface area (Å²) in [6.07, 6.45) is 16.1. The van der Waals surface area contributed by atoms with Crippen molar-refractivity contribution in [3.8, 4) is 0 Å². The minimum absolute atomic E-state index is 0.315. The maximum Gasteiger partial charge on any atom is 0.252 e. The van der Waals surface area contributed by atoms with Crippen molar-refractivity contribution in [1.29, 1.82) is 0 Å². The second kappa shape index (κ2) is 13.5. The van der Waals surface area contributed by atoms with Gasteiger partial charge in [-0.1, -0.05) is 56.0 Å². The number of piperidine rings is 1. The van der Waals surface area contributed by atoms with Gasteiger partial charge < -0.3 is 5.73 Å². The van der Waals surface area contributed by atoms with Crippen molar-refractivity contribution in [2.45, 2.75) is 75.1 Å². The monoisotopic (exact) mass is 590 g/mol. The fourth-order valence-electron chi connectivity index (χ4n) is 5.39. The molecule has 3 heterocycles. The van der Waals surface area contributed by atoms with E-state index in [2.05, 4.69) is 22.9 Å². The van der Waals surface area contributed by atoms with Crippen molar-refractivity contribution in [2.75, 3.05) is 19.6 Å². The standard InChI is InChI=1S/C29H39ClN4O3S2/c1-2-3-4-5-17-33(22-23-7-6-16-32-21-23)25-12-18-34(19-13-25)39(36,37)27-9-8-26(38-27)20-29(28(31)35)14-10-24(30)11-15-29/h6-11,14,16,21,25H,2-5,12-13,15,17-20,22H2,1H3,(H2,31,35). The molecule has 0 radical (unpaired) electrons. The van der Waals surface area contributed by atoms with Crippen LogP contribution in [0.25, 0.3) is 0 Å². The average Bonchev–Trinajstić information content (AvgIpc) is 3.41. The van der Waals surface area contributed by atoms with Crippen LogP contribution in [0.15, 0.2) is 64.1 Å². The molecule has 0 saturated carbocycles. The summed E-state index contributed by atoms with van der Waals surface area (Å²) in [6, 6.07) is 7.88. The van der Waals surface area contributed by atoms with Crippen molar-refractivity contribution in [3.05, 3.63) is 70.4 Å². The normalized spacial score (nSPS) is 20.8. The van der Waals surface area contributed by atoms with Gasteiger partial charge in [-0.25, -0.2) is 8.42 Å². The van der Waals surface area contributed by atoms with E-state index in [-0.39, 0.29) is 0 Å². The Hall–Kier alpha value is -2.04. The van der Waals surface area contributed by atoms with Crippen LogP contribution in [0.4, 0.5) is 0 Å². The minimum atomic E-state index is -3.61. The predicted octanol–water partition coefficient (Wildman–Crippen LogP) is 5.48. The molecule has 1 aliphatic heterocycles. The van der Waals surface area contributed by atoms with Crippen LogP contribution < -0.4 is 5.73 Å². The van der Waals surface area contributed by atoms with Crippen molar-refractivity contribution >= 4 is 38.9 Å². The number of hydrogen-bond acceptors (Lipinski definition) is 6. The lowest BCUT2D eigenvalue weighted by molar-refractivity contribution is -0.125. The predicted molar refractivity (Wildman–Crippen MR) is 158 cm³/mol. The highest BCUT2D eigenvalue weighted by Crippen LogP contribution is 2.37. The number of halogens is 1. The van der Waals surface area contributed by atoms with Crippen LogP contribution in [0.3, 0.4) is 0 Å². The number of allylic oxidation sites excluding steroid dienone is 3. The largest absolute Gasteiger partial charge is 0.369 e. The Labute approximate surface area is 241 Å². The highest BCUT2D eigenvalue weighted by molar-refractivity contribution is 7.91. The van der Waals surface area contributed by atoms with Gasteiger partial charge in [-0.3, -0.25) is 14.7 Å². The third-order valence-corrected chi connectivity index (χ3v) is 11.5. The van der Waals surface area contributed by atoms with Gasteiger partial charge in [0, 0.05) is 54.4 Å². The lowest BCUT2D eigenvalue weighted by Crippen LogP contribution is -2.46. The molecule has 2 N–H and O–H groups in total. The van der Waals surface area contributed by atoms with Crippen LogP contribution in [0.5, 0.6) is 0 Å². The number of sulfonamides is 1. The molecule has 1 saturated heterocycles.